The predicted octanol–water partition coefficient (Wildman–Crippen LogP) is 4.78. The van der Waals surface area contributed by atoms with Gasteiger partial charge in [0.2, 0.25) is 11.8 Å². The average molecular weight is 453 g/mol. The Morgan fingerprint density at radius 1 is 0.735 bits per heavy atom. The van der Waals surface area contributed by atoms with E-state index in [2.05, 4.69) is 5.32 Å². The van der Waals surface area contributed by atoms with Gasteiger partial charge in [0, 0.05) is 13.0 Å². The summed E-state index contributed by atoms with van der Waals surface area (Å²) in [7, 11) is 0. The lowest BCUT2D eigenvalue weighted by Gasteiger charge is -2.31. The first-order valence-electron chi connectivity index (χ1n) is 11.4. The zero-order valence-corrected chi connectivity index (χ0v) is 19.0. The van der Waals surface area contributed by atoms with Crippen LogP contribution < -0.4 is 5.32 Å². The van der Waals surface area contributed by atoms with Crippen molar-refractivity contribution in [3.8, 4) is 0 Å². The molecule has 5 nitrogen and oxygen atoms in total. The van der Waals surface area contributed by atoms with Crippen LogP contribution in [0.2, 0.25) is 0 Å². The Kier molecular flexibility index (Phi) is 7.90. The number of carbonyl (C=O) groups excluding carboxylic acids is 2. The van der Waals surface area contributed by atoms with E-state index < -0.39 is 6.04 Å². The van der Waals surface area contributed by atoms with Gasteiger partial charge >= 0.3 is 0 Å². The highest BCUT2D eigenvalue weighted by Gasteiger charge is 2.30. The summed E-state index contributed by atoms with van der Waals surface area (Å²) in [6.45, 7) is 0.612. The smallest absolute Gasteiger partial charge is 0.243 e. The Hall–Kier alpha value is -4.12. The van der Waals surface area contributed by atoms with Gasteiger partial charge in [-0.05, 0) is 28.8 Å². The minimum Gasteiger partial charge on any atom is -0.467 e. The lowest BCUT2D eigenvalue weighted by Crippen LogP contribution is -2.50. The zero-order valence-electron chi connectivity index (χ0n) is 19.0. The molecule has 1 unspecified atom stereocenters. The van der Waals surface area contributed by atoms with Gasteiger partial charge in [-0.15, -0.1) is 0 Å². The zero-order chi connectivity index (χ0) is 23.6. The second-order valence-electron chi connectivity index (χ2n) is 8.17. The van der Waals surface area contributed by atoms with Crippen LogP contribution in [-0.4, -0.2) is 22.8 Å². The minimum atomic E-state index is -0.672. The second-order valence-corrected chi connectivity index (χ2v) is 8.17. The van der Waals surface area contributed by atoms with Crippen molar-refractivity contribution in [2.24, 2.45) is 0 Å². The molecule has 1 heterocycles. The van der Waals surface area contributed by atoms with Gasteiger partial charge in [-0.25, -0.2) is 0 Å². The molecular weight excluding hydrogens is 424 g/mol. The Morgan fingerprint density at radius 2 is 1.32 bits per heavy atom. The molecule has 34 heavy (non-hydrogen) atoms. The fourth-order valence-electron chi connectivity index (χ4n) is 3.91. The number of rotatable bonds is 10. The number of amides is 2. The standard InChI is InChI=1S/C29H28N2O3/c32-28(20-24-13-6-2-7-14-24)31(22-25-15-8-3-9-16-25)27(19-23-11-4-1-5-12-23)29(33)30-21-26-17-10-18-34-26/h1-18,27H,19-22H2,(H,30,33). The van der Waals surface area contributed by atoms with E-state index in [-0.39, 0.29) is 24.8 Å². The molecule has 172 valence electrons. The molecule has 0 bridgehead atoms. The molecule has 0 aliphatic rings. The molecule has 5 heteroatoms. The Balaban J connectivity index is 1.62. The number of hydrogen-bond acceptors (Lipinski definition) is 3. The number of nitrogens with zero attached hydrogens (tertiary/aromatic N) is 1. The first kappa shape index (κ1) is 23.1. The van der Waals surface area contributed by atoms with Gasteiger partial charge in [-0.3, -0.25) is 9.59 Å². The van der Waals surface area contributed by atoms with Crippen molar-refractivity contribution < 1.29 is 14.0 Å². The summed E-state index contributed by atoms with van der Waals surface area (Å²) in [4.78, 5) is 28.8. The molecule has 0 fully saturated rings. The molecule has 4 aromatic rings. The van der Waals surface area contributed by atoms with E-state index in [1.807, 2.05) is 97.1 Å². The third kappa shape index (κ3) is 6.45. The van der Waals surface area contributed by atoms with Crippen LogP contribution in [0.4, 0.5) is 0 Å². The monoisotopic (exact) mass is 452 g/mol. The predicted molar refractivity (Wildman–Crippen MR) is 132 cm³/mol. The van der Waals surface area contributed by atoms with Crippen LogP contribution in [0.15, 0.2) is 114 Å². The number of carbonyl (C=O) groups is 2. The van der Waals surface area contributed by atoms with E-state index in [1.165, 1.54) is 0 Å². The fourth-order valence-corrected chi connectivity index (χ4v) is 3.91. The van der Waals surface area contributed by atoms with Crippen LogP contribution >= 0.6 is 0 Å². The van der Waals surface area contributed by atoms with Crippen molar-refractivity contribution in [2.75, 3.05) is 0 Å². The molecule has 1 aromatic heterocycles. The quantitative estimate of drug-likeness (QED) is 0.377. The van der Waals surface area contributed by atoms with Gasteiger partial charge in [0.1, 0.15) is 11.8 Å². The van der Waals surface area contributed by atoms with Crippen LogP contribution in [-0.2, 0) is 35.5 Å². The number of furan rings is 1. The maximum Gasteiger partial charge on any atom is 0.243 e. The SMILES string of the molecule is O=C(NCc1ccco1)C(Cc1ccccc1)N(Cc1ccccc1)C(=O)Cc1ccccc1. The number of hydrogen-bond donors (Lipinski definition) is 1. The van der Waals surface area contributed by atoms with E-state index in [0.29, 0.717) is 18.7 Å². The minimum absolute atomic E-state index is 0.0934. The Labute approximate surface area is 200 Å². The van der Waals surface area contributed by atoms with Gasteiger partial charge in [0.25, 0.3) is 0 Å². The largest absolute Gasteiger partial charge is 0.467 e. The Morgan fingerprint density at radius 3 is 1.91 bits per heavy atom. The highest BCUT2D eigenvalue weighted by atomic mass is 16.3. The summed E-state index contributed by atoms with van der Waals surface area (Å²) in [5.74, 6) is 0.360. The maximum absolute atomic E-state index is 13.6. The van der Waals surface area contributed by atoms with Gasteiger partial charge in [0.05, 0.1) is 19.2 Å². The van der Waals surface area contributed by atoms with E-state index >= 15 is 0 Å². The lowest BCUT2D eigenvalue weighted by molar-refractivity contribution is -0.140. The number of benzene rings is 3. The second kappa shape index (κ2) is 11.7. The normalized spacial score (nSPS) is 11.5. The number of nitrogens with one attached hydrogen (secondary N) is 1. The summed E-state index contributed by atoms with van der Waals surface area (Å²) in [5.41, 5.74) is 2.88. The van der Waals surface area contributed by atoms with Crippen LogP contribution in [0.5, 0.6) is 0 Å². The third-order valence-corrected chi connectivity index (χ3v) is 5.68. The van der Waals surface area contributed by atoms with Crippen LogP contribution in [0.3, 0.4) is 0 Å². The summed E-state index contributed by atoms with van der Waals surface area (Å²) in [6.07, 6.45) is 2.22. The molecule has 0 saturated heterocycles. The molecule has 3 aromatic carbocycles. The topological polar surface area (TPSA) is 62.6 Å². The van der Waals surface area contributed by atoms with Crippen molar-refractivity contribution in [3.05, 3.63) is 132 Å². The molecule has 0 radical (unpaired) electrons. The first-order chi connectivity index (χ1) is 16.7. The van der Waals surface area contributed by atoms with Crippen LogP contribution in [0.1, 0.15) is 22.5 Å². The summed E-state index contributed by atoms with van der Waals surface area (Å²) in [6, 6.07) is 32.1. The first-order valence-corrected chi connectivity index (χ1v) is 11.4. The van der Waals surface area contributed by atoms with E-state index in [0.717, 1.165) is 16.7 Å². The van der Waals surface area contributed by atoms with Gasteiger partial charge in [0.15, 0.2) is 0 Å². The maximum atomic E-state index is 13.6. The van der Waals surface area contributed by atoms with E-state index in [9.17, 15) is 9.59 Å². The van der Waals surface area contributed by atoms with E-state index in [1.54, 1.807) is 17.2 Å². The molecule has 0 aliphatic heterocycles. The summed E-state index contributed by atoms with van der Waals surface area (Å²) < 4.78 is 5.37. The van der Waals surface area contributed by atoms with Crippen molar-refractivity contribution in [3.63, 3.8) is 0 Å². The third-order valence-electron chi connectivity index (χ3n) is 5.68. The van der Waals surface area contributed by atoms with E-state index in [4.69, 9.17) is 4.42 Å². The molecule has 0 aliphatic carbocycles. The van der Waals surface area contributed by atoms with Gasteiger partial charge in [-0.2, -0.15) is 0 Å². The fraction of sp³-hybridized carbons (Fsp3) is 0.172. The molecule has 2 amide bonds. The summed E-state index contributed by atoms with van der Waals surface area (Å²) >= 11 is 0. The average Bonchev–Trinajstić information content (AvgIpc) is 3.40. The summed E-state index contributed by atoms with van der Waals surface area (Å²) in [5, 5.41) is 2.96. The van der Waals surface area contributed by atoms with Crippen LogP contribution in [0.25, 0.3) is 0 Å². The van der Waals surface area contributed by atoms with Gasteiger partial charge < -0.3 is 14.6 Å². The highest BCUT2D eigenvalue weighted by Crippen LogP contribution is 2.17. The molecule has 4 rings (SSSR count). The molecule has 1 N–H and O–H groups in total. The van der Waals surface area contributed by atoms with Crippen molar-refractivity contribution >= 4 is 11.8 Å². The lowest BCUT2D eigenvalue weighted by atomic mass is 10.0. The molecule has 0 saturated carbocycles. The van der Waals surface area contributed by atoms with Gasteiger partial charge in [-0.1, -0.05) is 91.0 Å². The highest BCUT2D eigenvalue weighted by molar-refractivity contribution is 5.88. The Bertz CT molecular complexity index is 1160. The van der Waals surface area contributed by atoms with Crippen molar-refractivity contribution in [2.45, 2.75) is 32.0 Å². The molecule has 1 atom stereocenters. The molecular formula is C29H28N2O3. The van der Waals surface area contributed by atoms with Crippen LogP contribution in [0, 0.1) is 0 Å². The molecule has 0 spiro atoms. The van der Waals surface area contributed by atoms with Crippen molar-refractivity contribution in [1.29, 1.82) is 0 Å². The van der Waals surface area contributed by atoms with Crippen molar-refractivity contribution in [1.82, 2.24) is 10.2 Å².